The van der Waals surface area contributed by atoms with E-state index >= 15 is 0 Å². The van der Waals surface area contributed by atoms with Crippen LogP contribution in [0.4, 0.5) is 4.39 Å². The number of halogens is 1. The van der Waals surface area contributed by atoms with E-state index in [1.54, 1.807) is 24.5 Å². The van der Waals surface area contributed by atoms with Crippen molar-refractivity contribution in [2.24, 2.45) is 0 Å². The monoisotopic (exact) mass is 455 g/mol. The maximum Gasteiger partial charge on any atom is 0.257 e. The molecule has 2 heterocycles. The lowest BCUT2D eigenvalue weighted by molar-refractivity contribution is 0.0947. The second kappa shape index (κ2) is 10.7. The first-order valence-electron chi connectivity index (χ1n) is 11.2. The smallest absolute Gasteiger partial charge is 0.257 e. The van der Waals surface area contributed by atoms with Gasteiger partial charge in [0.05, 0.1) is 0 Å². The Hall–Kier alpha value is -4.06. The van der Waals surface area contributed by atoms with Gasteiger partial charge in [-0.3, -0.25) is 14.6 Å². The highest BCUT2D eigenvalue weighted by Crippen LogP contribution is 2.16. The number of benzene rings is 2. The van der Waals surface area contributed by atoms with Gasteiger partial charge in [-0.05, 0) is 60.7 Å². The van der Waals surface area contributed by atoms with Gasteiger partial charge in [0.25, 0.3) is 5.91 Å². The number of nitrogens with zero attached hydrogens (tertiary/aromatic N) is 2. The summed E-state index contributed by atoms with van der Waals surface area (Å²) >= 11 is 0. The van der Waals surface area contributed by atoms with Crippen LogP contribution in [0, 0.1) is 12.7 Å². The second-order valence-electron chi connectivity index (χ2n) is 8.21. The second-order valence-corrected chi connectivity index (χ2v) is 8.21. The van der Waals surface area contributed by atoms with Crippen LogP contribution in [0.15, 0.2) is 90.0 Å². The van der Waals surface area contributed by atoms with E-state index in [-0.39, 0.29) is 23.4 Å². The third kappa shape index (κ3) is 5.64. The van der Waals surface area contributed by atoms with Crippen LogP contribution in [0.2, 0.25) is 0 Å². The van der Waals surface area contributed by atoms with E-state index in [9.17, 15) is 14.0 Å². The van der Waals surface area contributed by atoms with Gasteiger partial charge in [0.2, 0.25) is 0 Å². The van der Waals surface area contributed by atoms with Crippen molar-refractivity contribution >= 4 is 5.91 Å². The zero-order valence-corrected chi connectivity index (χ0v) is 19.0. The predicted octanol–water partition coefficient (Wildman–Crippen LogP) is 4.45. The summed E-state index contributed by atoms with van der Waals surface area (Å²) in [5.74, 6) is -0.767. The van der Waals surface area contributed by atoms with E-state index in [4.69, 9.17) is 0 Å². The van der Waals surface area contributed by atoms with Crippen LogP contribution in [0.3, 0.4) is 0 Å². The molecular formula is C28H26FN3O2. The van der Waals surface area contributed by atoms with Gasteiger partial charge >= 0.3 is 0 Å². The first-order valence-corrected chi connectivity index (χ1v) is 11.2. The van der Waals surface area contributed by atoms with Crippen molar-refractivity contribution < 1.29 is 9.18 Å². The van der Waals surface area contributed by atoms with Crippen LogP contribution in [0.5, 0.6) is 0 Å². The molecule has 1 amide bonds. The highest BCUT2D eigenvalue weighted by molar-refractivity contribution is 5.95. The SMILES string of the molecule is Cc1cc(=O)c(C(=O)NCc2ccc(F)cc2)c(CCc2ccccc2)n1Cc1ccncc1. The van der Waals surface area contributed by atoms with Gasteiger partial charge in [0.1, 0.15) is 11.4 Å². The fourth-order valence-corrected chi connectivity index (χ4v) is 4.00. The van der Waals surface area contributed by atoms with E-state index < -0.39 is 5.91 Å². The summed E-state index contributed by atoms with van der Waals surface area (Å²) in [6.45, 7) is 2.61. The number of rotatable bonds is 8. The average Bonchev–Trinajstić information content (AvgIpc) is 2.85. The maximum absolute atomic E-state index is 13.2. The molecule has 2 aromatic carbocycles. The molecule has 0 aliphatic heterocycles. The van der Waals surface area contributed by atoms with Crippen LogP contribution in [0.25, 0.3) is 0 Å². The predicted molar refractivity (Wildman–Crippen MR) is 130 cm³/mol. The lowest BCUT2D eigenvalue weighted by Gasteiger charge is -2.20. The molecule has 0 unspecified atom stereocenters. The van der Waals surface area contributed by atoms with Crippen molar-refractivity contribution in [3.63, 3.8) is 0 Å². The topological polar surface area (TPSA) is 64.0 Å². The van der Waals surface area contributed by atoms with E-state index in [0.717, 1.165) is 22.4 Å². The van der Waals surface area contributed by atoms with Crippen molar-refractivity contribution in [1.29, 1.82) is 0 Å². The minimum absolute atomic E-state index is 0.151. The molecule has 2 aromatic heterocycles. The summed E-state index contributed by atoms with van der Waals surface area (Å²) in [5, 5.41) is 2.84. The van der Waals surface area contributed by atoms with Gasteiger partial charge in [-0.2, -0.15) is 0 Å². The molecule has 5 nitrogen and oxygen atoms in total. The van der Waals surface area contributed by atoms with E-state index in [2.05, 4.69) is 10.3 Å². The quantitative estimate of drug-likeness (QED) is 0.427. The normalized spacial score (nSPS) is 10.8. The summed E-state index contributed by atoms with van der Waals surface area (Å²) < 4.78 is 15.2. The summed E-state index contributed by atoms with van der Waals surface area (Å²) in [6, 6.07) is 21.3. The number of aryl methyl sites for hydroxylation is 2. The Morgan fingerprint density at radius 3 is 2.32 bits per heavy atom. The molecule has 0 fully saturated rings. The molecular weight excluding hydrogens is 429 g/mol. The fraction of sp³-hybridized carbons (Fsp3) is 0.179. The van der Waals surface area contributed by atoms with E-state index in [0.29, 0.717) is 25.1 Å². The molecule has 1 N–H and O–H groups in total. The number of amides is 1. The molecule has 0 saturated heterocycles. The largest absolute Gasteiger partial charge is 0.348 e. The molecule has 34 heavy (non-hydrogen) atoms. The highest BCUT2D eigenvalue weighted by atomic mass is 19.1. The van der Waals surface area contributed by atoms with Gasteiger partial charge in [-0.15, -0.1) is 0 Å². The molecule has 0 aliphatic rings. The molecule has 0 radical (unpaired) electrons. The third-order valence-electron chi connectivity index (χ3n) is 5.80. The summed E-state index contributed by atoms with van der Waals surface area (Å²) in [6.07, 6.45) is 4.68. The summed E-state index contributed by atoms with van der Waals surface area (Å²) in [5.41, 5.74) is 4.25. The Labute approximate surface area is 197 Å². The average molecular weight is 456 g/mol. The molecule has 0 atom stereocenters. The molecule has 0 spiro atoms. The molecule has 0 bridgehead atoms. The minimum Gasteiger partial charge on any atom is -0.348 e. The molecule has 0 aliphatic carbocycles. The first kappa shape index (κ1) is 23.1. The van der Waals surface area contributed by atoms with Gasteiger partial charge in [0.15, 0.2) is 5.43 Å². The number of hydrogen-bond donors (Lipinski definition) is 1. The Morgan fingerprint density at radius 2 is 1.62 bits per heavy atom. The van der Waals surface area contributed by atoms with Crippen LogP contribution < -0.4 is 10.7 Å². The Balaban J connectivity index is 1.69. The van der Waals surface area contributed by atoms with Crippen LogP contribution in [0.1, 0.15) is 38.4 Å². The van der Waals surface area contributed by atoms with Gasteiger partial charge in [-0.1, -0.05) is 42.5 Å². The van der Waals surface area contributed by atoms with E-state index in [1.807, 2.05) is 54.0 Å². The summed E-state index contributed by atoms with van der Waals surface area (Å²) in [4.78, 5) is 30.4. The number of nitrogens with one attached hydrogen (secondary N) is 1. The number of carbonyl (C=O) groups is 1. The zero-order valence-electron chi connectivity index (χ0n) is 19.0. The summed E-state index contributed by atoms with van der Waals surface area (Å²) in [7, 11) is 0. The van der Waals surface area contributed by atoms with Gasteiger partial charge < -0.3 is 9.88 Å². The van der Waals surface area contributed by atoms with Crippen molar-refractivity contribution in [2.45, 2.75) is 32.9 Å². The van der Waals surface area contributed by atoms with Gasteiger partial charge in [0, 0.05) is 42.9 Å². The third-order valence-corrected chi connectivity index (χ3v) is 5.80. The number of carbonyl (C=O) groups excluding carboxylic acids is 1. The van der Waals surface area contributed by atoms with Crippen molar-refractivity contribution in [2.75, 3.05) is 0 Å². The molecule has 172 valence electrons. The Kier molecular flexibility index (Phi) is 7.28. The standard InChI is InChI=1S/C28H26FN3O2/c1-20-17-26(33)27(28(34)31-18-22-7-10-24(29)11-8-22)25(12-9-21-5-3-2-4-6-21)32(20)19-23-13-15-30-16-14-23/h2-8,10-11,13-17H,9,12,18-19H2,1H3,(H,31,34). The number of aromatic nitrogens is 2. The number of pyridine rings is 2. The fourth-order valence-electron chi connectivity index (χ4n) is 4.00. The van der Waals surface area contributed by atoms with Crippen molar-refractivity contribution in [3.8, 4) is 0 Å². The van der Waals surface area contributed by atoms with Crippen molar-refractivity contribution in [1.82, 2.24) is 14.9 Å². The first-order chi connectivity index (χ1) is 16.5. The minimum atomic E-state index is -0.430. The lowest BCUT2D eigenvalue weighted by atomic mass is 10.0. The molecule has 0 saturated carbocycles. The van der Waals surface area contributed by atoms with Crippen molar-refractivity contribution in [3.05, 3.63) is 135 Å². The maximum atomic E-state index is 13.2. The van der Waals surface area contributed by atoms with Crippen LogP contribution in [-0.4, -0.2) is 15.5 Å². The highest BCUT2D eigenvalue weighted by Gasteiger charge is 2.20. The zero-order chi connectivity index (χ0) is 23.9. The van der Waals surface area contributed by atoms with Gasteiger partial charge in [-0.25, -0.2) is 4.39 Å². The molecule has 4 aromatic rings. The Morgan fingerprint density at radius 1 is 0.912 bits per heavy atom. The molecule has 6 heteroatoms. The Bertz CT molecular complexity index is 1320. The van der Waals surface area contributed by atoms with Crippen LogP contribution >= 0.6 is 0 Å². The number of hydrogen-bond acceptors (Lipinski definition) is 3. The molecule has 4 rings (SSSR count). The van der Waals surface area contributed by atoms with E-state index in [1.165, 1.54) is 18.2 Å². The van der Waals surface area contributed by atoms with Crippen LogP contribution in [-0.2, 0) is 25.9 Å². The lowest BCUT2D eigenvalue weighted by Crippen LogP contribution is -2.33.